The van der Waals surface area contributed by atoms with Gasteiger partial charge in [0.25, 0.3) is 0 Å². The standard InChI is InChI=1S/C13H12FN3/c14-12-6-2-1-5-11(12)13(9-16)17-7-3-4-10(17)8-15/h1-7,13H,9,16H2. The van der Waals surface area contributed by atoms with E-state index in [2.05, 4.69) is 6.07 Å². The van der Waals surface area contributed by atoms with Gasteiger partial charge in [-0.05, 0) is 18.2 Å². The van der Waals surface area contributed by atoms with E-state index in [4.69, 9.17) is 11.0 Å². The number of hydrogen-bond acceptors (Lipinski definition) is 2. The molecule has 1 aromatic heterocycles. The number of rotatable bonds is 3. The Kier molecular flexibility index (Phi) is 3.22. The number of aromatic nitrogens is 1. The molecule has 1 unspecified atom stereocenters. The van der Waals surface area contributed by atoms with E-state index in [9.17, 15) is 4.39 Å². The molecular weight excluding hydrogens is 217 g/mol. The van der Waals surface area contributed by atoms with Crippen LogP contribution in [0.5, 0.6) is 0 Å². The average Bonchev–Trinajstić information content (AvgIpc) is 2.81. The number of halogens is 1. The monoisotopic (exact) mass is 229 g/mol. The summed E-state index contributed by atoms with van der Waals surface area (Å²) in [6.45, 7) is 0.240. The zero-order valence-electron chi connectivity index (χ0n) is 9.18. The molecule has 0 aliphatic rings. The molecule has 0 amide bonds. The van der Waals surface area contributed by atoms with Crippen molar-refractivity contribution in [2.75, 3.05) is 6.54 Å². The summed E-state index contributed by atoms with van der Waals surface area (Å²) in [5, 5.41) is 8.96. The first-order valence-corrected chi connectivity index (χ1v) is 5.29. The van der Waals surface area contributed by atoms with E-state index in [1.165, 1.54) is 6.07 Å². The molecule has 2 rings (SSSR count). The molecule has 1 atom stereocenters. The minimum atomic E-state index is -0.346. The minimum Gasteiger partial charge on any atom is -0.331 e. The highest BCUT2D eigenvalue weighted by Gasteiger charge is 2.17. The van der Waals surface area contributed by atoms with Crippen molar-refractivity contribution >= 4 is 0 Å². The number of nitrogens with two attached hydrogens (primary N) is 1. The van der Waals surface area contributed by atoms with Crippen LogP contribution in [0.15, 0.2) is 42.6 Å². The molecule has 0 saturated carbocycles. The third kappa shape index (κ3) is 2.05. The first kappa shape index (κ1) is 11.4. The summed E-state index contributed by atoms with van der Waals surface area (Å²) in [5.74, 6) is -0.305. The van der Waals surface area contributed by atoms with Crippen LogP contribution in [0, 0.1) is 17.1 Å². The van der Waals surface area contributed by atoms with Crippen LogP contribution < -0.4 is 5.73 Å². The Hall–Kier alpha value is -2.12. The Morgan fingerprint density at radius 2 is 2.06 bits per heavy atom. The van der Waals surface area contributed by atoms with Crippen molar-refractivity contribution < 1.29 is 4.39 Å². The lowest BCUT2D eigenvalue weighted by Gasteiger charge is -2.19. The lowest BCUT2D eigenvalue weighted by atomic mass is 10.1. The van der Waals surface area contributed by atoms with Crippen LogP contribution in [0.2, 0.25) is 0 Å². The Balaban J connectivity index is 2.49. The highest BCUT2D eigenvalue weighted by molar-refractivity contribution is 5.29. The summed E-state index contributed by atoms with van der Waals surface area (Å²) in [5.41, 5.74) is 6.67. The van der Waals surface area contributed by atoms with Gasteiger partial charge in [-0.2, -0.15) is 5.26 Å². The molecule has 1 heterocycles. The largest absolute Gasteiger partial charge is 0.331 e. The molecular formula is C13H12FN3. The maximum absolute atomic E-state index is 13.7. The predicted octanol–water partition coefficient (Wildman–Crippen LogP) is 2.05. The van der Waals surface area contributed by atoms with Gasteiger partial charge in [0, 0.05) is 18.3 Å². The van der Waals surface area contributed by atoms with Crippen molar-refractivity contribution in [1.82, 2.24) is 4.57 Å². The molecule has 2 N–H and O–H groups in total. The van der Waals surface area contributed by atoms with Gasteiger partial charge >= 0.3 is 0 Å². The summed E-state index contributed by atoms with van der Waals surface area (Å²) in [7, 11) is 0. The predicted molar refractivity (Wildman–Crippen MR) is 62.7 cm³/mol. The summed E-state index contributed by atoms with van der Waals surface area (Å²) in [4.78, 5) is 0. The first-order valence-electron chi connectivity index (χ1n) is 5.29. The summed E-state index contributed by atoms with van der Waals surface area (Å²) in [6.07, 6.45) is 1.74. The van der Waals surface area contributed by atoms with Crippen LogP contribution in [0.4, 0.5) is 4.39 Å². The molecule has 17 heavy (non-hydrogen) atoms. The van der Waals surface area contributed by atoms with Crippen molar-refractivity contribution in [3.8, 4) is 6.07 Å². The highest BCUT2D eigenvalue weighted by atomic mass is 19.1. The van der Waals surface area contributed by atoms with Crippen LogP contribution >= 0.6 is 0 Å². The van der Waals surface area contributed by atoms with Gasteiger partial charge in [-0.1, -0.05) is 18.2 Å². The van der Waals surface area contributed by atoms with Gasteiger partial charge in [0.2, 0.25) is 0 Å². The normalized spacial score (nSPS) is 12.1. The van der Waals surface area contributed by atoms with Gasteiger partial charge in [0.15, 0.2) is 0 Å². The van der Waals surface area contributed by atoms with E-state index in [1.807, 2.05) is 0 Å². The molecule has 3 nitrogen and oxygen atoms in total. The lowest BCUT2D eigenvalue weighted by molar-refractivity contribution is 0.535. The molecule has 0 spiro atoms. The van der Waals surface area contributed by atoms with Crippen molar-refractivity contribution in [3.05, 3.63) is 59.7 Å². The molecule has 2 aromatic rings. The topological polar surface area (TPSA) is 54.7 Å². The fourth-order valence-electron chi connectivity index (χ4n) is 1.90. The van der Waals surface area contributed by atoms with E-state index in [0.29, 0.717) is 11.3 Å². The zero-order chi connectivity index (χ0) is 12.3. The molecule has 86 valence electrons. The quantitative estimate of drug-likeness (QED) is 0.875. The van der Waals surface area contributed by atoms with Crippen molar-refractivity contribution in [2.45, 2.75) is 6.04 Å². The lowest BCUT2D eigenvalue weighted by Crippen LogP contribution is -2.21. The third-order valence-corrected chi connectivity index (χ3v) is 2.72. The van der Waals surface area contributed by atoms with Gasteiger partial charge in [-0.15, -0.1) is 0 Å². The summed E-state index contributed by atoms with van der Waals surface area (Å²) in [6, 6.07) is 11.6. The number of nitriles is 1. The van der Waals surface area contributed by atoms with E-state index in [0.717, 1.165) is 0 Å². The zero-order valence-corrected chi connectivity index (χ0v) is 9.18. The van der Waals surface area contributed by atoms with Crippen LogP contribution in [-0.4, -0.2) is 11.1 Å². The van der Waals surface area contributed by atoms with Gasteiger partial charge in [-0.25, -0.2) is 4.39 Å². The van der Waals surface area contributed by atoms with Crippen LogP contribution in [0.25, 0.3) is 0 Å². The fraction of sp³-hybridized carbons (Fsp3) is 0.154. The van der Waals surface area contributed by atoms with Crippen LogP contribution in [0.3, 0.4) is 0 Å². The van der Waals surface area contributed by atoms with Crippen molar-refractivity contribution in [2.24, 2.45) is 5.73 Å². The number of nitrogens with zero attached hydrogens (tertiary/aromatic N) is 2. The Morgan fingerprint density at radius 3 is 2.71 bits per heavy atom. The maximum Gasteiger partial charge on any atom is 0.128 e. The Labute approximate surface area is 98.9 Å². The molecule has 0 radical (unpaired) electrons. The first-order chi connectivity index (χ1) is 8.27. The second kappa shape index (κ2) is 4.81. The SMILES string of the molecule is N#Cc1cccn1C(CN)c1ccccc1F. The van der Waals surface area contributed by atoms with Gasteiger partial charge in [0.05, 0.1) is 6.04 Å². The average molecular weight is 229 g/mol. The van der Waals surface area contributed by atoms with E-state index in [-0.39, 0.29) is 18.4 Å². The number of benzene rings is 1. The van der Waals surface area contributed by atoms with Gasteiger partial charge < -0.3 is 10.3 Å². The Bertz CT molecular complexity index is 552. The molecule has 0 saturated heterocycles. The highest BCUT2D eigenvalue weighted by Crippen LogP contribution is 2.22. The molecule has 4 heteroatoms. The smallest absolute Gasteiger partial charge is 0.128 e. The second-order valence-corrected chi connectivity index (χ2v) is 3.69. The molecule has 0 bridgehead atoms. The van der Waals surface area contributed by atoms with Gasteiger partial charge in [0.1, 0.15) is 17.6 Å². The van der Waals surface area contributed by atoms with E-state index < -0.39 is 0 Å². The van der Waals surface area contributed by atoms with Crippen molar-refractivity contribution in [3.63, 3.8) is 0 Å². The summed E-state index contributed by atoms with van der Waals surface area (Å²) >= 11 is 0. The maximum atomic E-state index is 13.7. The van der Waals surface area contributed by atoms with Crippen LogP contribution in [-0.2, 0) is 0 Å². The van der Waals surface area contributed by atoms with E-state index in [1.54, 1.807) is 41.1 Å². The minimum absolute atomic E-state index is 0.240. The van der Waals surface area contributed by atoms with E-state index >= 15 is 0 Å². The molecule has 0 aliphatic carbocycles. The molecule has 0 fully saturated rings. The summed E-state index contributed by atoms with van der Waals surface area (Å²) < 4.78 is 15.4. The Morgan fingerprint density at radius 1 is 1.29 bits per heavy atom. The van der Waals surface area contributed by atoms with Crippen molar-refractivity contribution in [1.29, 1.82) is 5.26 Å². The molecule has 1 aromatic carbocycles. The van der Waals surface area contributed by atoms with Crippen LogP contribution in [0.1, 0.15) is 17.3 Å². The fourth-order valence-corrected chi connectivity index (χ4v) is 1.90. The third-order valence-electron chi connectivity index (χ3n) is 2.72. The number of hydrogen-bond donors (Lipinski definition) is 1. The second-order valence-electron chi connectivity index (χ2n) is 3.69. The van der Waals surface area contributed by atoms with Gasteiger partial charge in [-0.3, -0.25) is 0 Å². The molecule has 0 aliphatic heterocycles.